The van der Waals surface area contributed by atoms with Crippen LogP contribution in [0, 0.1) is 5.92 Å². The molecule has 0 radical (unpaired) electrons. The summed E-state index contributed by atoms with van der Waals surface area (Å²) in [6.45, 7) is 0.535. The van der Waals surface area contributed by atoms with Gasteiger partial charge in [0.2, 0.25) is 5.95 Å². The Labute approximate surface area is 149 Å². The molecule has 1 heterocycles. The average Bonchev–Trinajstić information content (AvgIpc) is 2.51. The molecule has 0 bridgehead atoms. The van der Waals surface area contributed by atoms with Gasteiger partial charge in [-0.1, -0.05) is 18.6 Å². The molecule has 1 aliphatic carbocycles. The maximum absolute atomic E-state index is 13.2. The van der Waals surface area contributed by atoms with Crippen LogP contribution < -0.4 is 5.32 Å². The fourth-order valence-electron chi connectivity index (χ4n) is 2.62. The van der Waals surface area contributed by atoms with E-state index in [1.165, 1.54) is 24.3 Å². The molecule has 0 atom stereocenters. The van der Waals surface area contributed by atoms with Crippen molar-refractivity contribution in [1.82, 2.24) is 9.97 Å². The third kappa shape index (κ3) is 4.32. The van der Waals surface area contributed by atoms with E-state index in [0.29, 0.717) is 18.0 Å². The number of hydrogen-bond acceptors (Lipinski definition) is 5. The molecule has 140 valence electrons. The lowest BCUT2D eigenvalue weighted by molar-refractivity contribution is -0.141. The second kappa shape index (κ2) is 6.86. The first kappa shape index (κ1) is 18.6. The minimum absolute atomic E-state index is 0.0751. The highest BCUT2D eigenvalue weighted by atomic mass is 32.2. The number of sulfone groups is 1. The summed E-state index contributed by atoms with van der Waals surface area (Å²) in [5.41, 5.74) is -0.564. The van der Waals surface area contributed by atoms with Crippen LogP contribution in [-0.2, 0) is 16.0 Å². The zero-order valence-corrected chi connectivity index (χ0v) is 14.9. The van der Waals surface area contributed by atoms with Gasteiger partial charge in [0, 0.05) is 18.4 Å². The van der Waals surface area contributed by atoms with Gasteiger partial charge in [-0.15, -0.1) is 0 Å². The summed E-state index contributed by atoms with van der Waals surface area (Å²) in [6, 6.07) is 6.44. The monoisotopic (exact) mass is 385 g/mol. The van der Waals surface area contributed by atoms with Crippen molar-refractivity contribution >= 4 is 15.8 Å². The molecule has 0 spiro atoms. The van der Waals surface area contributed by atoms with Crippen LogP contribution in [0.4, 0.5) is 19.1 Å². The van der Waals surface area contributed by atoms with Crippen molar-refractivity contribution < 1.29 is 21.6 Å². The Morgan fingerprint density at radius 3 is 2.31 bits per heavy atom. The third-order valence-electron chi connectivity index (χ3n) is 4.37. The number of rotatable bonds is 5. The van der Waals surface area contributed by atoms with Gasteiger partial charge in [0.25, 0.3) is 0 Å². The molecule has 0 unspecified atom stereocenters. The van der Waals surface area contributed by atoms with E-state index in [1.54, 1.807) is 0 Å². The molecule has 1 fully saturated rings. The number of aromatic nitrogens is 2. The normalized spacial score (nSPS) is 15.5. The summed E-state index contributed by atoms with van der Waals surface area (Å²) in [5, 5.41) is 2.89. The fourth-order valence-corrected chi connectivity index (χ4v) is 3.26. The second-order valence-corrected chi connectivity index (χ2v) is 8.45. The van der Waals surface area contributed by atoms with Crippen molar-refractivity contribution in [2.45, 2.75) is 30.3 Å². The minimum Gasteiger partial charge on any atom is -0.354 e. The highest BCUT2D eigenvalue weighted by Gasteiger charge is 2.34. The van der Waals surface area contributed by atoms with Crippen LogP contribution in [-0.4, -0.2) is 31.2 Å². The van der Waals surface area contributed by atoms with Crippen LogP contribution in [0.25, 0.3) is 11.3 Å². The van der Waals surface area contributed by atoms with Gasteiger partial charge in [-0.3, -0.25) is 0 Å². The Hall–Kier alpha value is -2.16. The van der Waals surface area contributed by atoms with Crippen molar-refractivity contribution in [2.24, 2.45) is 5.92 Å². The first-order valence-corrected chi connectivity index (χ1v) is 10.0. The van der Waals surface area contributed by atoms with Gasteiger partial charge in [-0.25, -0.2) is 18.4 Å². The molecule has 0 aliphatic heterocycles. The summed E-state index contributed by atoms with van der Waals surface area (Å²) in [4.78, 5) is 7.83. The van der Waals surface area contributed by atoms with Gasteiger partial charge in [-0.05, 0) is 37.0 Å². The van der Waals surface area contributed by atoms with E-state index in [9.17, 15) is 21.6 Å². The Balaban J connectivity index is 1.93. The maximum Gasteiger partial charge on any atom is 0.433 e. The number of anilines is 1. The first-order valence-electron chi connectivity index (χ1n) is 8.13. The second-order valence-electron chi connectivity index (χ2n) is 6.43. The standard InChI is InChI=1S/C17H18F3N3O2S/c1-26(24,25)13-7-5-12(6-8-13)14-9-15(17(18,19)20)23-16(22-14)21-10-11-3-2-4-11/h5-9,11H,2-4,10H2,1H3,(H,21,22,23). The van der Waals surface area contributed by atoms with Crippen molar-refractivity contribution in [2.75, 3.05) is 18.1 Å². The molecular formula is C17H18F3N3O2S. The Morgan fingerprint density at radius 1 is 1.15 bits per heavy atom. The third-order valence-corrected chi connectivity index (χ3v) is 5.50. The van der Waals surface area contributed by atoms with E-state index < -0.39 is 21.7 Å². The SMILES string of the molecule is CS(=O)(=O)c1ccc(-c2cc(C(F)(F)F)nc(NCC3CCC3)n2)cc1. The van der Waals surface area contributed by atoms with Gasteiger partial charge in [0.15, 0.2) is 15.5 Å². The maximum atomic E-state index is 13.2. The molecule has 1 aliphatic rings. The predicted octanol–water partition coefficient (Wildman–Crippen LogP) is 3.78. The molecule has 1 saturated carbocycles. The van der Waals surface area contributed by atoms with E-state index in [2.05, 4.69) is 15.3 Å². The van der Waals surface area contributed by atoms with Crippen LogP contribution in [0.5, 0.6) is 0 Å². The van der Waals surface area contributed by atoms with Gasteiger partial charge < -0.3 is 5.32 Å². The number of halogens is 3. The van der Waals surface area contributed by atoms with Crippen LogP contribution in [0.2, 0.25) is 0 Å². The quantitative estimate of drug-likeness (QED) is 0.848. The lowest BCUT2D eigenvalue weighted by Gasteiger charge is -2.25. The molecule has 1 aromatic heterocycles. The van der Waals surface area contributed by atoms with E-state index in [4.69, 9.17) is 0 Å². The number of nitrogens with one attached hydrogen (secondary N) is 1. The highest BCUT2D eigenvalue weighted by Crippen LogP contribution is 2.32. The molecule has 5 nitrogen and oxygen atoms in total. The number of alkyl halides is 3. The van der Waals surface area contributed by atoms with Crippen molar-refractivity contribution in [3.8, 4) is 11.3 Å². The summed E-state index contributed by atoms with van der Waals surface area (Å²) in [5.74, 6) is 0.361. The Kier molecular flexibility index (Phi) is 4.92. The first-order chi connectivity index (χ1) is 12.1. The van der Waals surface area contributed by atoms with E-state index in [-0.39, 0.29) is 16.5 Å². The van der Waals surface area contributed by atoms with Gasteiger partial charge >= 0.3 is 6.18 Å². The Bertz CT molecular complexity index is 892. The van der Waals surface area contributed by atoms with E-state index in [0.717, 1.165) is 31.6 Å². The van der Waals surface area contributed by atoms with Crippen molar-refractivity contribution in [3.05, 3.63) is 36.0 Å². The molecule has 1 N–H and O–H groups in total. The average molecular weight is 385 g/mol. The summed E-state index contributed by atoms with van der Waals surface area (Å²) < 4.78 is 62.5. The van der Waals surface area contributed by atoms with Crippen molar-refractivity contribution in [3.63, 3.8) is 0 Å². The Morgan fingerprint density at radius 2 is 1.81 bits per heavy atom. The summed E-state index contributed by atoms with van der Waals surface area (Å²) in [7, 11) is -3.38. The number of nitrogens with zero attached hydrogens (tertiary/aromatic N) is 2. The van der Waals surface area contributed by atoms with Gasteiger partial charge in [0.1, 0.15) is 0 Å². The smallest absolute Gasteiger partial charge is 0.354 e. The topological polar surface area (TPSA) is 72.0 Å². The summed E-state index contributed by atoms with van der Waals surface area (Å²) >= 11 is 0. The minimum atomic E-state index is -4.60. The van der Waals surface area contributed by atoms with Crippen LogP contribution in [0.1, 0.15) is 25.0 Å². The highest BCUT2D eigenvalue weighted by molar-refractivity contribution is 7.90. The van der Waals surface area contributed by atoms with Crippen LogP contribution in [0.15, 0.2) is 35.2 Å². The zero-order chi connectivity index (χ0) is 18.9. The lowest BCUT2D eigenvalue weighted by Crippen LogP contribution is -2.22. The molecule has 26 heavy (non-hydrogen) atoms. The van der Waals surface area contributed by atoms with E-state index in [1.807, 2.05) is 0 Å². The van der Waals surface area contributed by atoms with E-state index >= 15 is 0 Å². The lowest BCUT2D eigenvalue weighted by atomic mass is 9.85. The van der Waals surface area contributed by atoms with Crippen molar-refractivity contribution in [1.29, 1.82) is 0 Å². The molecule has 1 aromatic carbocycles. The molecule has 2 aromatic rings. The van der Waals surface area contributed by atoms with Crippen LogP contribution in [0.3, 0.4) is 0 Å². The zero-order valence-electron chi connectivity index (χ0n) is 14.0. The summed E-state index contributed by atoms with van der Waals surface area (Å²) in [6.07, 6.45) is -0.306. The predicted molar refractivity (Wildman–Crippen MR) is 91.4 cm³/mol. The molecule has 0 amide bonds. The fraction of sp³-hybridized carbons (Fsp3) is 0.412. The van der Waals surface area contributed by atoms with Gasteiger partial charge in [0.05, 0.1) is 10.6 Å². The number of hydrogen-bond donors (Lipinski definition) is 1. The molecule has 9 heteroatoms. The van der Waals surface area contributed by atoms with Gasteiger partial charge in [-0.2, -0.15) is 13.2 Å². The molecule has 3 rings (SSSR count). The molecule has 0 saturated heterocycles. The van der Waals surface area contributed by atoms with Crippen LogP contribution >= 0.6 is 0 Å². The molecular weight excluding hydrogens is 367 g/mol. The number of benzene rings is 1. The largest absolute Gasteiger partial charge is 0.433 e.